The van der Waals surface area contributed by atoms with Crippen LogP contribution < -0.4 is 10.6 Å². The predicted molar refractivity (Wildman–Crippen MR) is 68.7 cm³/mol. The van der Waals surface area contributed by atoms with Gasteiger partial charge in [0.1, 0.15) is 5.54 Å². The van der Waals surface area contributed by atoms with E-state index in [1.807, 2.05) is 6.07 Å². The van der Waals surface area contributed by atoms with Crippen LogP contribution in [0.1, 0.15) is 35.2 Å². The topological polar surface area (TPSA) is 41.1 Å². The second-order valence-electron chi connectivity index (χ2n) is 5.40. The molecule has 0 bridgehead atoms. The molecule has 6 heteroatoms. The van der Waals surface area contributed by atoms with Crippen LogP contribution in [-0.2, 0) is 6.42 Å². The van der Waals surface area contributed by atoms with Gasteiger partial charge in [-0.05, 0) is 43.4 Å². The Morgan fingerprint density at radius 2 is 2.05 bits per heavy atom. The molecule has 1 amide bonds. The molecule has 3 nitrogen and oxygen atoms in total. The number of carbonyl (C=O) groups is 1. The average Bonchev–Trinajstić information content (AvgIpc) is 3.18. The third-order valence-corrected chi connectivity index (χ3v) is 3.99. The van der Waals surface area contributed by atoms with Crippen molar-refractivity contribution >= 4 is 11.6 Å². The van der Waals surface area contributed by atoms with E-state index < -0.39 is 17.6 Å². The Kier molecular flexibility index (Phi) is 2.92. The second-order valence-corrected chi connectivity index (χ2v) is 5.40. The van der Waals surface area contributed by atoms with Gasteiger partial charge in [-0.15, -0.1) is 0 Å². The Hall–Kier alpha value is -1.72. The van der Waals surface area contributed by atoms with E-state index in [1.54, 1.807) is 12.1 Å². The van der Waals surface area contributed by atoms with E-state index in [9.17, 15) is 18.0 Å². The van der Waals surface area contributed by atoms with Gasteiger partial charge in [0.25, 0.3) is 5.91 Å². The third kappa shape index (κ3) is 2.13. The van der Waals surface area contributed by atoms with E-state index in [-0.39, 0.29) is 12.8 Å². The fourth-order valence-electron chi connectivity index (χ4n) is 2.61. The van der Waals surface area contributed by atoms with Gasteiger partial charge in [0.05, 0.1) is 0 Å². The number of rotatable bonds is 2. The number of nitrogens with one attached hydrogen (secondary N) is 2. The number of halogens is 3. The van der Waals surface area contributed by atoms with Crippen molar-refractivity contribution in [3.05, 3.63) is 29.3 Å². The molecule has 2 aliphatic rings. The summed E-state index contributed by atoms with van der Waals surface area (Å²) in [5.41, 5.74) is 0.00902. The first-order valence-electron chi connectivity index (χ1n) is 6.68. The highest BCUT2D eigenvalue weighted by atomic mass is 19.4. The fraction of sp³-hybridized carbons (Fsp3) is 0.500. The molecule has 0 saturated heterocycles. The van der Waals surface area contributed by atoms with Crippen LogP contribution in [0.15, 0.2) is 18.2 Å². The van der Waals surface area contributed by atoms with Gasteiger partial charge in [0, 0.05) is 17.8 Å². The summed E-state index contributed by atoms with van der Waals surface area (Å²) < 4.78 is 38.7. The number of hydrogen-bond donors (Lipinski definition) is 2. The lowest BCUT2D eigenvalue weighted by molar-refractivity contribution is -0.163. The highest BCUT2D eigenvalue weighted by Gasteiger charge is 2.64. The van der Waals surface area contributed by atoms with E-state index in [0.29, 0.717) is 12.0 Å². The maximum atomic E-state index is 12.9. The van der Waals surface area contributed by atoms with Gasteiger partial charge < -0.3 is 10.6 Å². The number of alkyl halides is 3. The summed E-state index contributed by atoms with van der Waals surface area (Å²) in [6.45, 7) is 0.824. The van der Waals surface area contributed by atoms with E-state index in [1.165, 1.54) is 0 Å². The third-order valence-electron chi connectivity index (χ3n) is 3.99. The molecular formula is C14H15F3N2O. The first-order chi connectivity index (χ1) is 9.43. The minimum Gasteiger partial charge on any atom is -0.385 e. The van der Waals surface area contributed by atoms with E-state index in [4.69, 9.17) is 0 Å². The molecule has 1 aliphatic heterocycles. The Bertz CT molecular complexity index is 550. The van der Waals surface area contributed by atoms with Crippen LogP contribution in [0.4, 0.5) is 18.9 Å². The van der Waals surface area contributed by atoms with Crippen molar-refractivity contribution in [1.29, 1.82) is 0 Å². The minimum absolute atomic E-state index is 0.0322. The van der Waals surface area contributed by atoms with Gasteiger partial charge in [0.2, 0.25) is 0 Å². The van der Waals surface area contributed by atoms with E-state index >= 15 is 0 Å². The number of fused-ring (bicyclic) bond motifs is 1. The molecule has 1 saturated carbocycles. The summed E-state index contributed by atoms with van der Waals surface area (Å²) in [6.07, 6.45) is -2.85. The normalized spacial score (nSPS) is 19.8. The van der Waals surface area contributed by atoms with Gasteiger partial charge in [-0.1, -0.05) is 6.07 Å². The molecule has 3 rings (SSSR count). The summed E-state index contributed by atoms with van der Waals surface area (Å²) in [7, 11) is 0. The molecule has 2 N–H and O–H groups in total. The summed E-state index contributed by atoms with van der Waals surface area (Å²) in [6, 6.07) is 5.13. The smallest absolute Gasteiger partial charge is 0.385 e. The Balaban J connectivity index is 1.85. The number of amides is 1. The molecule has 0 radical (unpaired) electrons. The van der Waals surface area contributed by atoms with Crippen molar-refractivity contribution in [2.24, 2.45) is 0 Å². The van der Waals surface area contributed by atoms with Crippen molar-refractivity contribution in [3.8, 4) is 0 Å². The van der Waals surface area contributed by atoms with Crippen LogP contribution in [0.25, 0.3) is 0 Å². The molecular weight excluding hydrogens is 269 g/mol. The second kappa shape index (κ2) is 4.40. The largest absolute Gasteiger partial charge is 0.411 e. The average molecular weight is 284 g/mol. The molecule has 0 atom stereocenters. The highest BCUT2D eigenvalue weighted by Crippen LogP contribution is 2.49. The Morgan fingerprint density at radius 3 is 2.70 bits per heavy atom. The minimum atomic E-state index is -4.38. The van der Waals surface area contributed by atoms with Crippen molar-refractivity contribution in [1.82, 2.24) is 5.32 Å². The molecule has 1 aliphatic carbocycles. The summed E-state index contributed by atoms with van der Waals surface area (Å²) >= 11 is 0. The van der Waals surface area contributed by atoms with Crippen LogP contribution in [0, 0.1) is 0 Å². The monoisotopic (exact) mass is 284 g/mol. The van der Waals surface area contributed by atoms with Crippen LogP contribution in [0.5, 0.6) is 0 Å². The lowest BCUT2D eigenvalue weighted by Crippen LogP contribution is -2.48. The van der Waals surface area contributed by atoms with Crippen molar-refractivity contribution in [2.45, 2.75) is 37.4 Å². The first kappa shape index (κ1) is 13.3. The molecule has 1 heterocycles. The Labute approximate surface area is 114 Å². The van der Waals surface area contributed by atoms with Gasteiger partial charge in [-0.2, -0.15) is 13.2 Å². The van der Waals surface area contributed by atoms with Crippen molar-refractivity contribution < 1.29 is 18.0 Å². The SMILES string of the molecule is O=C(NC1(C(F)(F)F)CC1)c1cccc2c1CCCN2. The van der Waals surface area contributed by atoms with E-state index in [2.05, 4.69) is 10.6 Å². The van der Waals surface area contributed by atoms with Crippen molar-refractivity contribution in [3.63, 3.8) is 0 Å². The fourth-order valence-corrected chi connectivity index (χ4v) is 2.61. The zero-order valence-corrected chi connectivity index (χ0v) is 10.8. The highest BCUT2D eigenvalue weighted by molar-refractivity contribution is 5.98. The molecule has 1 aromatic rings. The maximum absolute atomic E-state index is 12.9. The standard InChI is InChI=1S/C14H15F3N2O/c15-14(16,17)13(6-7-13)19-12(20)10-3-1-5-11-9(10)4-2-8-18-11/h1,3,5,18H,2,4,6-8H2,(H,19,20). The molecule has 1 fully saturated rings. The molecule has 0 unspecified atom stereocenters. The summed E-state index contributed by atoms with van der Waals surface area (Å²) in [5.74, 6) is -0.625. The summed E-state index contributed by atoms with van der Waals surface area (Å²) in [4.78, 5) is 12.2. The van der Waals surface area contributed by atoms with Gasteiger partial charge in [-0.3, -0.25) is 4.79 Å². The summed E-state index contributed by atoms with van der Waals surface area (Å²) in [5, 5.41) is 5.35. The maximum Gasteiger partial charge on any atom is 0.411 e. The zero-order chi connectivity index (χ0) is 14.4. The quantitative estimate of drug-likeness (QED) is 0.876. The van der Waals surface area contributed by atoms with Gasteiger partial charge in [-0.25, -0.2) is 0 Å². The zero-order valence-electron chi connectivity index (χ0n) is 10.8. The van der Waals surface area contributed by atoms with Crippen molar-refractivity contribution in [2.75, 3.05) is 11.9 Å². The van der Waals surface area contributed by atoms with Crippen LogP contribution in [-0.4, -0.2) is 24.2 Å². The molecule has 20 heavy (non-hydrogen) atoms. The van der Waals surface area contributed by atoms with E-state index in [0.717, 1.165) is 24.2 Å². The molecule has 0 spiro atoms. The number of anilines is 1. The number of hydrogen-bond acceptors (Lipinski definition) is 2. The predicted octanol–water partition coefficient (Wildman–Crippen LogP) is 2.87. The molecule has 108 valence electrons. The lowest BCUT2D eigenvalue weighted by atomic mass is 9.97. The van der Waals surface area contributed by atoms with Gasteiger partial charge >= 0.3 is 6.18 Å². The number of carbonyl (C=O) groups excluding carboxylic acids is 1. The van der Waals surface area contributed by atoms with Crippen LogP contribution >= 0.6 is 0 Å². The number of benzene rings is 1. The Morgan fingerprint density at radius 1 is 1.30 bits per heavy atom. The first-order valence-corrected chi connectivity index (χ1v) is 6.68. The molecule has 1 aromatic carbocycles. The van der Waals surface area contributed by atoms with Gasteiger partial charge in [0.15, 0.2) is 0 Å². The van der Waals surface area contributed by atoms with Crippen LogP contribution in [0.2, 0.25) is 0 Å². The molecule has 0 aromatic heterocycles. The van der Waals surface area contributed by atoms with Crippen LogP contribution in [0.3, 0.4) is 0 Å². The lowest BCUT2D eigenvalue weighted by Gasteiger charge is -2.24.